The third-order valence-corrected chi connectivity index (χ3v) is 4.01. The molecule has 1 aliphatic carbocycles. The minimum atomic E-state index is 0.433. The Balaban J connectivity index is 1.82. The lowest BCUT2D eigenvalue weighted by Gasteiger charge is -2.32. The summed E-state index contributed by atoms with van der Waals surface area (Å²) < 4.78 is 0. The molecule has 2 heteroatoms. The normalized spacial score (nSPS) is 18.7. The molecule has 100 valence electrons. The Kier molecular flexibility index (Phi) is 3.33. The van der Waals surface area contributed by atoms with Gasteiger partial charge in [-0.25, -0.2) is 0 Å². The largest absolute Gasteiger partial charge is 0.508 e. The molecule has 0 aromatic heterocycles. The van der Waals surface area contributed by atoms with Gasteiger partial charge in [-0.3, -0.25) is 0 Å². The van der Waals surface area contributed by atoms with Gasteiger partial charge in [0.05, 0.1) is 0 Å². The lowest BCUT2D eigenvalue weighted by molar-refractivity contribution is 0.425. The predicted molar refractivity (Wildman–Crippen MR) is 79.7 cm³/mol. The molecule has 0 radical (unpaired) electrons. The lowest BCUT2D eigenvalue weighted by Crippen LogP contribution is -2.31. The van der Waals surface area contributed by atoms with E-state index < -0.39 is 0 Å². The molecular weight excluding hydrogens is 234 g/mol. The zero-order chi connectivity index (χ0) is 13.2. The molecule has 1 aliphatic heterocycles. The van der Waals surface area contributed by atoms with Crippen LogP contribution in [-0.2, 0) is 6.42 Å². The molecule has 1 aromatic carbocycles. The van der Waals surface area contributed by atoms with E-state index in [-0.39, 0.29) is 0 Å². The molecular formula is C17H21NO. The maximum atomic E-state index is 9.61. The van der Waals surface area contributed by atoms with E-state index >= 15 is 0 Å². The number of aryl methyl sites for hydroxylation is 2. The predicted octanol–water partition coefficient (Wildman–Crippen LogP) is 3.91. The second kappa shape index (κ2) is 5.12. The first-order chi connectivity index (χ1) is 9.22. The van der Waals surface area contributed by atoms with E-state index in [9.17, 15) is 5.11 Å². The van der Waals surface area contributed by atoms with Crippen LogP contribution in [0, 0.1) is 6.92 Å². The third kappa shape index (κ3) is 2.67. The summed E-state index contributed by atoms with van der Waals surface area (Å²) in [6, 6.07) is 6.76. The standard InChI is InChI=1S/C17H21NO/c1-13-7-8-17-15(10-13)5-3-9-18(17)12-14-4-2-6-16(19)11-14/h6-8,10-11,19H,2-5,9,12H2,1H3. The number of nitrogens with zero attached hydrogens (tertiary/aromatic N) is 1. The second-order valence-corrected chi connectivity index (χ2v) is 5.63. The molecule has 0 bridgehead atoms. The SMILES string of the molecule is Cc1ccc2c(c1)CCCN2CC1=CC(O)=CCC1. The van der Waals surface area contributed by atoms with Crippen molar-refractivity contribution in [1.29, 1.82) is 0 Å². The summed E-state index contributed by atoms with van der Waals surface area (Å²) in [5.41, 5.74) is 5.54. The molecule has 1 N–H and O–H groups in total. The maximum absolute atomic E-state index is 9.61. The van der Waals surface area contributed by atoms with Gasteiger partial charge in [-0.1, -0.05) is 17.7 Å². The highest BCUT2D eigenvalue weighted by molar-refractivity contribution is 5.57. The highest BCUT2D eigenvalue weighted by Gasteiger charge is 2.18. The second-order valence-electron chi connectivity index (χ2n) is 5.63. The summed E-state index contributed by atoms with van der Waals surface area (Å²) in [5.74, 6) is 0.433. The van der Waals surface area contributed by atoms with Crippen molar-refractivity contribution < 1.29 is 5.11 Å². The monoisotopic (exact) mass is 255 g/mol. The average Bonchev–Trinajstić information content (AvgIpc) is 2.38. The van der Waals surface area contributed by atoms with E-state index in [2.05, 4.69) is 30.0 Å². The number of anilines is 1. The topological polar surface area (TPSA) is 23.5 Å². The summed E-state index contributed by atoms with van der Waals surface area (Å²) >= 11 is 0. The minimum Gasteiger partial charge on any atom is -0.508 e. The van der Waals surface area contributed by atoms with Gasteiger partial charge in [0.1, 0.15) is 5.76 Å². The first kappa shape index (κ1) is 12.3. The Hall–Kier alpha value is -1.70. The average molecular weight is 255 g/mol. The zero-order valence-corrected chi connectivity index (χ0v) is 11.5. The van der Waals surface area contributed by atoms with Gasteiger partial charge in [0.2, 0.25) is 0 Å². The molecule has 1 aromatic rings. The van der Waals surface area contributed by atoms with Gasteiger partial charge in [-0.05, 0) is 62.0 Å². The number of aliphatic hydroxyl groups is 1. The molecule has 0 fully saturated rings. The number of rotatable bonds is 2. The molecule has 2 nitrogen and oxygen atoms in total. The Morgan fingerprint density at radius 2 is 2.16 bits per heavy atom. The number of hydrogen-bond acceptors (Lipinski definition) is 2. The lowest BCUT2D eigenvalue weighted by atomic mass is 9.97. The number of aliphatic hydroxyl groups excluding tert-OH is 1. The molecule has 0 unspecified atom stereocenters. The number of fused-ring (bicyclic) bond motifs is 1. The first-order valence-electron chi connectivity index (χ1n) is 7.15. The summed E-state index contributed by atoms with van der Waals surface area (Å²) in [4.78, 5) is 2.46. The van der Waals surface area contributed by atoms with Gasteiger partial charge < -0.3 is 10.0 Å². The van der Waals surface area contributed by atoms with Gasteiger partial charge in [0.15, 0.2) is 0 Å². The Bertz CT molecular complexity index is 542. The molecule has 0 atom stereocenters. The molecule has 1 heterocycles. The number of allylic oxidation sites excluding steroid dienone is 2. The van der Waals surface area contributed by atoms with E-state index in [1.807, 2.05) is 12.2 Å². The van der Waals surface area contributed by atoms with Gasteiger partial charge in [-0.2, -0.15) is 0 Å². The van der Waals surface area contributed by atoms with Crippen molar-refractivity contribution in [2.45, 2.75) is 32.6 Å². The van der Waals surface area contributed by atoms with Crippen molar-refractivity contribution in [3.8, 4) is 0 Å². The molecule has 0 amide bonds. The molecule has 3 rings (SSSR count). The summed E-state index contributed by atoms with van der Waals surface area (Å²) in [5, 5.41) is 9.61. The van der Waals surface area contributed by atoms with Crippen LogP contribution in [0.1, 0.15) is 30.4 Å². The first-order valence-corrected chi connectivity index (χ1v) is 7.15. The van der Waals surface area contributed by atoms with E-state index in [4.69, 9.17) is 0 Å². The van der Waals surface area contributed by atoms with Crippen LogP contribution in [0.25, 0.3) is 0 Å². The van der Waals surface area contributed by atoms with Crippen LogP contribution in [0.2, 0.25) is 0 Å². The molecule has 0 saturated carbocycles. The molecule has 0 spiro atoms. The van der Waals surface area contributed by atoms with Crippen LogP contribution in [0.3, 0.4) is 0 Å². The fraction of sp³-hybridized carbons (Fsp3) is 0.412. The van der Waals surface area contributed by atoms with Gasteiger partial charge in [-0.15, -0.1) is 0 Å². The summed E-state index contributed by atoms with van der Waals surface area (Å²) in [6.45, 7) is 4.23. The Morgan fingerprint density at radius 1 is 1.26 bits per heavy atom. The van der Waals surface area contributed by atoms with E-state index in [0.717, 1.165) is 25.9 Å². The fourth-order valence-electron chi connectivity index (χ4n) is 3.08. The summed E-state index contributed by atoms with van der Waals surface area (Å²) in [7, 11) is 0. The van der Waals surface area contributed by atoms with Crippen LogP contribution in [0.5, 0.6) is 0 Å². The van der Waals surface area contributed by atoms with Crippen molar-refractivity contribution in [2.75, 3.05) is 18.0 Å². The van der Waals surface area contributed by atoms with Crippen molar-refractivity contribution in [2.24, 2.45) is 0 Å². The minimum absolute atomic E-state index is 0.433. The zero-order valence-electron chi connectivity index (χ0n) is 11.5. The van der Waals surface area contributed by atoms with Crippen molar-refractivity contribution in [3.05, 3.63) is 52.8 Å². The van der Waals surface area contributed by atoms with Crippen molar-refractivity contribution in [3.63, 3.8) is 0 Å². The van der Waals surface area contributed by atoms with E-state index in [1.54, 1.807) is 0 Å². The number of hydrogen-bond donors (Lipinski definition) is 1. The number of benzene rings is 1. The van der Waals surface area contributed by atoms with Crippen LogP contribution in [0.4, 0.5) is 5.69 Å². The van der Waals surface area contributed by atoms with Gasteiger partial charge in [0, 0.05) is 18.8 Å². The highest BCUT2D eigenvalue weighted by atomic mass is 16.3. The van der Waals surface area contributed by atoms with Crippen LogP contribution in [-0.4, -0.2) is 18.2 Å². The fourth-order valence-corrected chi connectivity index (χ4v) is 3.08. The van der Waals surface area contributed by atoms with E-state index in [1.165, 1.54) is 35.2 Å². The van der Waals surface area contributed by atoms with Crippen LogP contribution >= 0.6 is 0 Å². The smallest absolute Gasteiger partial charge is 0.111 e. The van der Waals surface area contributed by atoms with Gasteiger partial charge >= 0.3 is 0 Å². The van der Waals surface area contributed by atoms with Crippen LogP contribution in [0.15, 0.2) is 41.7 Å². The molecule has 0 saturated heterocycles. The molecule has 2 aliphatic rings. The Labute approximate surface area is 115 Å². The van der Waals surface area contributed by atoms with Crippen molar-refractivity contribution >= 4 is 5.69 Å². The third-order valence-electron chi connectivity index (χ3n) is 4.01. The Morgan fingerprint density at radius 3 is 3.00 bits per heavy atom. The maximum Gasteiger partial charge on any atom is 0.111 e. The van der Waals surface area contributed by atoms with Crippen LogP contribution < -0.4 is 4.90 Å². The molecule has 19 heavy (non-hydrogen) atoms. The van der Waals surface area contributed by atoms with E-state index in [0.29, 0.717) is 5.76 Å². The summed E-state index contributed by atoms with van der Waals surface area (Å²) in [6.07, 6.45) is 8.29. The van der Waals surface area contributed by atoms with Crippen molar-refractivity contribution in [1.82, 2.24) is 0 Å². The highest BCUT2D eigenvalue weighted by Crippen LogP contribution is 2.29. The quantitative estimate of drug-likeness (QED) is 0.866. The van der Waals surface area contributed by atoms with Gasteiger partial charge in [0.25, 0.3) is 0 Å².